The maximum atomic E-state index is 11.6. The highest BCUT2D eigenvalue weighted by molar-refractivity contribution is 6.30. The summed E-state index contributed by atoms with van der Waals surface area (Å²) in [7, 11) is 1.40. The molecule has 0 aromatic heterocycles. The van der Waals surface area contributed by atoms with Gasteiger partial charge in [-0.2, -0.15) is 0 Å². The minimum atomic E-state index is -0.680. The van der Waals surface area contributed by atoms with Gasteiger partial charge in [0.25, 0.3) is 0 Å². The number of nitrogens with one attached hydrogen (secondary N) is 1. The summed E-state index contributed by atoms with van der Waals surface area (Å²) in [5.74, 6) is -0.259. The van der Waals surface area contributed by atoms with Gasteiger partial charge in [-0.3, -0.25) is 10.1 Å². The number of rotatable bonds is 5. The highest BCUT2D eigenvalue weighted by atomic mass is 35.5. The van der Waals surface area contributed by atoms with Gasteiger partial charge in [0.1, 0.15) is 5.54 Å². The van der Waals surface area contributed by atoms with Crippen LogP contribution in [0.5, 0.6) is 0 Å². The second-order valence-electron chi connectivity index (χ2n) is 4.99. The zero-order chi connectivity index (χ0) is 13.8. The third kappa shape index (κ3) is 4.31. The Morgan fingerprint density at radius 1 is 1.39 bits per heavy atom. The minimum Gasteiger partial charge on any atom is -0.468 e. The zero-order valence-electron chi connectivity index (χ0n) is 11.3. The maximum absolute atomic E-state index is 11.6. The molecule has 0 saturated heterocycles. The van der Waals surface area contributed by atoms with E-state index >= 15 is 0 Å². The van der Waals surface area contributed by atoms with Crippen LogP contribution in [-0.4, -0.2) is 24.7 Å². The van der Waals surface area contributed by atoms with Crippen molar-refractivity contribution in [3.63, 3.8) is 0 Å². The molecule has 3 nitrogen and oxygen atoms in total. The molecular weight excluding hydrogens is 250 g/mol. The average Bonchev–Trinajstić information content (AvgIpc) is 2.30. The van der Waals surface area contributed by atoms with Crippen molar-refractivity contribution in [1.82, 2.24) is 5.32 Å². The Morgan fingerprint density at radius 3 is 2.44 bits per heavy atom. The maximum Gasteiger partial charge on any atom is 0.325 e. The smallest absolute Gasteiger partial charge is 0.325 e. The summed E-state index contributed by atoms with van der Waals surface area (Å²) in [6.45, 7) is 5.67. The van der Waals surface area contributed by atoms with Crippen LogP contribution in [0, 0.1) is 0 Å². The van der Waals surface area contributed by atoms with Gasteiger partial charge in [-0.25, -0.2) is 0 Å². The van der Waals surface area contributed by atoms with Gasteiger partial charge < -0.3 is 4.74 Å². The predicted molar refractivity (Wildman–Crippen MR) is 73.8 cm³/mol. The third-order valence-corrected chi connectivity index (χ3v) is 3.01. The molecule has 0 spiro atoms. The summed E-state index contributed by atoms with van der Waals surface area (Å²) in [6, 6.07) is 7.89. The topological polar surface area (TPSA) is 38.3 Å². The third-order valence-electron chi connectivity index (χ3n) is 2.76. The van der Waals surface area contributed by atoms with E-state index in [0.717, 1.165) is 11.4 Å². The molecule has 0 aliphatic heterocycles. The number of hydrogen-bond acceptors (Lipinski definition) is 3. The van der Waals surface area contributed by atoms with E-state index in [4.69, 9.17) is 16.3 Å². The number of benzene rings is 1. The van der Waals surface area contributed by atoms with Crippen LogP contribution in [0.4, 0.5) is 0 Å². The van der Waals surface area contributed by atoms with Gasteiger partial charge in [-0.1, -0.05) is 23.7 Å². The molecule has 0 radical (unpaired) electrons. The van der Waals surface area contributed by atoms with E-state index < -0.39 is 5.54 Å². The Bertz CT molecular complexity index is 401. The van der Waals surface area contributed by atoms with Crippen molar-refractivity contribution in [3.05, 3.63) is 34.9 Å². The molecule has 1 unspecified atom stereocenters. The quantitative estimate of drug-likeness (QED) is 0.836. The van der Waals surface area contributed by atoms with E-state index in [9.17, 15) is 4.79 Å². The molecule has 1 aromatic carbocycles. The van der Waals surface area contributed by atoms with Gasteiger partial charge in [0, 0.05) is 11.1 Å². The summed E-state index contributed by atoms with van der Waals surface area (Å²) < 4.78 is 4.76. The first kappa shape index (κ1) is 15.0. The fourth-order valence-corrected chi connectivity index (χ4v) is 2.08. The average molecular weight is 270 g/mol. The van der Waals surface area contributed by atoms with E-state index in [1.807, 2.05) is 45.0 Å². The molecule has 0 heterocycles. The summed E-state index contributed by atoms with van der Waals surface area (Å²) >= 11 is 5.84. The summed E-state index contributed by atoms with van der Waals surface area (Å²) in [5, 5.41) is 3.99. The van der Waals surface area contributed by atoms with Crippen LogP contribution >= 0.6 is 11.6 Å². The second-order valence-corrected chi connectivity index (χ2v) is 5.43. The molecule has 4 heteroatoms. The van der Waals surface area contributed by atoms with Crippen LogP contribution in [0.25, 0.3) is 0 Å². The Kier molecular flexibility index (Phi) is 5.17. The Balaban J connectivity index is 2.58. The number of carbonyl (C=O) groups excluding carboxylic acids is 1. The van der Waals surface area contributed by atoms with Crippen LogP contribution in [-0.2, 0) is 16.0 Å². The minimum absolute atomic E-state index is 0.167. The molecule has 18 heavy (non-hydrogen) atoms. The first-order chi connectivity index (χ1) is 8.35. The van der Waals surface area contributed by atoms with E-state index in [0.29, 0.717) is 0 Å². The number of halogens is 1. The summed E-state index contributed by atoms with van der Waals surface area (Å²) in [6.07, 6.45) is 0.831. The van der Waals surface area contributed by atoms with Crippen molar-refractivity contribution in [3.8, 4) is 0 Å². The van der Waals surface area contributed by atoms with Gasteiger partial charge in [0.15, 0.2) is 0 Å². The van der Waals surface area contributed by atoms with E-state index in [-0.39, 0.29) is 12.0 Å². The second kappa shape index (κ2) is 6.21. The van der Waals surface area contributed by atoms with Gasteiger partial charge in [0.2, 0.25) is 0 Å². The van der Waals surface area contributed by atoms with Crippen LogP contribution in [0.2, 0.25) is 5.02 Å². The number of ether oxygens (including phenoxy) is 1. The van der Waals surface area contributed by atoms with Gasteiger partial charge >= 0.3 is 5.97 Å². The Hall–Kier alpha value is -1.06. The lowest BCUT2D eigenvalue weighted by molar-refractivity contribution is -0.147. The molecule has 1 aromatic rings. The van der Waals surface area contributed by atoms with E-state index in [1.165, 1.54) is 12.7 Å². The lowest BCUT2D eigenvalue weighted by Crippen LogP contribution is -2.51. The predicted octanol–water partition coefficient (Wildman–Crippen LogP) is 2.81. The molecule has 0 aliphatic carbocycles. The van der Waals surface area contributed by atoms with Crippen LogP contribution in [0.3, 0.4) is 0 Å². The fourth-order valence-electron chi connectivity index (χ4n) is 1.96. The molecule has 1 atom stereocenters. The van der Waals surface area contributed by atoms with E-state index in [1.54, 1.807) is 0 Å². The monoisotopic (exact) mass is 269 g/mol. The molecule has 0 bridgehead atoms. The summed E-state index contributed by atoms with van der Waals surface area (Å²) in [4.78, 5) is 11.6. The van der Waals surface area contributed by atoms with Crippen molar-refractivity contribution >= 4 is 17.6 Å². The molecule has 1 N–H and O–H groups in total. The molecule has 1 rings (SSSR count). The molecule has 0 fully saturated rings. The molecule has 100 valence electrons. The first-order valence-electron chi connectivity index (χ1n) is 5.95. The SMILES string of the molecule is COC(=O)C(C)(C)NC(C)Cc1ccc(Cl)cc1. The van der Waals surface area contributed by atoms with Crippen LogP contribution in [0.15, 0.2) is 24.3 Å². The molecule has 0 aliphatic rings. The molecular formula is C14H20ClNO2. The highest BCUT2D eigenvalue weighted by Crippen LogP contribution is 2.13. The number of esters is 1. The molecule has 0 amide bonds. The van der Waals surface area contributed by atoms with Crippen molar-refractivity contribution < 1.29 is 9.53 Å². The van der Waals surface area contributed by atoms with Crippen LogP contribution < -0.4 is 5.32 Å². The normalized spacial score (nSPS) is 13.2. The summed E-state index contributed by atoms with van der Waals surface area (Å²) in [5.41, 5.74) is 0.501. The Labute approximate surface area is 113 Å². The zero-order valence-corrected chi connectivity index (χ0v) is 12.0. The number of methoxy groups -OCH3 is 1. The van der Waals surface area contributed by atoms with Gasteiger partial charge in [-0.05, 0) is 44.9 Å². The number of hydrogen-bond donors (Lipinski definition) is 1. The lowest BCUT2D eigenvalue weighted by Gasteiger charge is -2.27. The highest BCUT2D eigenvalue weighted by Gasteiger charge is 2.29. The van der Waals surface area contributed by atoms with Crippen molar-refractivity contribution in [1.29, 1.82) is 0 Å². The van der Waals surface area contributed by atoms with Crippen molar-refractivity contribution in [2.75, 3.05) is 7.11 Å². The lowest BCUT2D eigenvalue weighted by atomic mass is 10.0. The standard InChI is InChI=1S/C14H20ClNO2/c1-10(16-14(2,3)13(17)18-4)9-11-5-7-12(15)8-6-11/h5-8,10,16H,9H2,1-4H3. The fraction of sp³-hybridized carbons (Fsp3) is 0.500. The van der Waals surface area contributed by atoms with Gasteiger partial charge in [0.05, 0.1) is 7.11 Å². The number of carbonyl (C=O) groups is 1. The van der Waals surface area contributed by atoms with Gasteiger partial charge in [-0.15, -0.1) is 0 Å². The Morgan fingerprint density at radius 2 is 1.94 bits per heavy atom. The van der Waals surface area contributed by atoms with Crippen molar-refractivity contribution in [2.45, 2.75) is 38.8 Å². The van der Waals surface area contributed by atoms with Crippen molar-refractivity contribution in [2.24, 2.45) is 0 Å². The largest absolute Gasteiger partial charge is 0.468 e. The van der Waals surface area contributed by atoms with E-state index in [2.05, 4.69) is 5.32 Å². The van der Waals surface area contributed by atoms with Crippen LogP contribution in [0.1, 0.15) is 26.3 Å². The molecule has 0 saturated carbocycles. The first-order valence-corrected chi connectivity index (χ1v) is 6.33.